The van der Waals surface area contributed by atoms with Gasteiger partial charge in [0.25, 0.3) is 0 Å². The van der Waals surface area contributed by atoms with Gasteiger partial charge in [0.2, 0.25) is 0 Å². The van der Waals surface area contributed by atoms with Crippen LogP contribution in [0, 0.1) is 0 Å². The van der Waals surface area contributed by atoms with Crippen molar-refractivity contribution in [3.05, 3.63) is 39.9 Å². The van der Waals surface area contributed by atoms with Gasteiger partial charge in [-0.05, 0) is 23.8 Å². The van der Waals surface area contributed by atoms with Crippen molar-refractivity contribution in [2.75, 3.05) is 0 Å². The first-order valence-electron chi connectivity index (χ1n) is 3.94. The quantitative estimate of drug-likeness (QED) is 0.827. The van der Waals surface area contributed by atoms with E-state index in [0.717, 1.165) is 6.08 Å². The summed E-state index contributed by atoms with van der Waals surface area (Å²) in [6, 6.07) is 4.37. The molecule has 0 spiro atoms. The summed E-state index contributed by atoms with van der Waals surface area (Å²) in [4.78, 5) is 20.9. The maximum Gasteiger partial charge on any atom is 0.335 e. The first kappa shape index (κ1) is 11.5. The lowest BCUT2D eigenvalue weighted by Crippen LogP contribution is -1.96. The number of halogens is 1. The smallest absolute Gasteiger partial charge is 0.335 e. The number of rotatable bonds is 3. The molecule has 0 saturated heterocycles. The van der Waals surface area contributed by atoms with Gasteiger partial charge in [0.05, 0.1) is 5.56 Å². The fourth-order valence-electron chi connectivity index (χ4n) is 0.956. The fourth-order valence-corrected chi connectivity index (χ4v) is 1.47. The first-order chi connectivity index (χ1) is 7.00. The lowest BCUT2D eigenvalue weighted by molar-refractivity contribution is -0.131. The molecule has 0 aliphatic carbocycles. The standard InChI is InChI=1S/C10H7BrO4/c11-8-5-7(10(14)15)2-1-6(8)3-4-9(12)13/h1-5H,(H,12,13)(H,14,15). The lowest BCUT2D eigenvalue weighted by Gasteiger charge is -1.99. The molecule has 0 aromatic heterocycles. The molecule has 1 rings (SSSR count). The van der Waals surface area contributed by atoms with E-state index in [4.69, 9.17) is 10.2 Å². The highest BCUT2D eigenvalue weighted by Gasteiger charge is 2.04. The summed E-state index contributed by atoms with van der Waals surface area (Å²) in [6.45, 7) is 0. The van der Waals surface area contributed by atoms with E-state index in [1.54, 1.807) is 0 Å². The highest BCUT2D eigenvalue weighted by atomic mass is 79.9. The molecule has 0 amide bonds. The van der Waals surface area contributed by atoms with Gasteiger partial charge >= 0.3 is 11.9 Å². The van der Waals surface area contributed by atoms with Crippen molar-refractivity contribution in [1.29, 1.82) is 0 Å². The van der Waals surface area contributed by atoms with E-state index in [2.05, 4.69) is 15.9 Å². The molecule has 2 N–H and O–H groups in total. The van der Waals surface area contributed by atoms with Gasteiger partial charge in [-0.2, -0.15) is 0 Å². The Bertz CT molecular complexity index is 437. The van der Waals surface area contributed by atoms with E-state index < -0.39 is 11.9 Å². The SMILES string of the molecule is O=C(O)C=Cc1ccc(C(=O)O)cc1Br. The summed E-state index contributed by atoms with van der Waals surface area (Å²) in [6.07, 6.45) is 2.37. The van der Waals surface area contributed by atoms with Gasteiger partial charge in [0, 0.05) is 10.5 Å². The molecule has 15 heavy (non-hydrogen) atoms. The molecule has 1 aromatic rings. The maximum atomic E-state index is 10.6. The van der Waals surface area contributed by atoms with Crippen molar-refractivity contribution in [2.45, 2.75) is 0 Å². The van der Waals surface area contributed by atoms with Gasteiger partial charge in [0.15, 0.2) is 0 Å². The number of aliphatic carboxylic acids is 1. The van der Waals surface area contributed by atoms with E-state index in [9.17, 15) is 9.59 Å². The summed E-state index contributed by atoms with van der Waals surface area (Å²) < 4.78 is 0.542. The minimum Gasteiger partial charge on any atom is -0.478 e. The average Bonchev–Trinajstić information content (AvgIpc) is 2.15. The Hall–Kier alpha value is -1.62. The molecule has 78 valence electrons. The molecule has 0 atom stereocenters. The van der Waals surface area contributed by atoms with Crippen LogP contribution in [0.1, 0.15) is 15.9 Å². The van der Waals surface area contributed by atoms with Gasteiger partial charge in [-0.25, -0.2) is 9.59 Å². The Balaban J connectivity index is 3.03. The molecular formula is C10H7BrO4. The van der Waals surface area contributed by atoms with Crippen molar-refractivity contribution >= 4 is 33.9 Å². The molecule has 0 bridgehead atoms. The van der Waals surface area contributed by atoms with Crippen LogP contribution in [-0.4, -0.2) is 22.2 Å². The zero-order chi connectivity index (χ0) is 11.4. The second kappa shape index (κ2) is 4.75. The number of carboxylic acids is 2. The van der Waals surface area contributed by atoms with Crippen molar-refractivity contribution < 1.29 is 19.8 Å². The van der Waals surface area contributed by atoms with Crippen molar-refractivity contribution in [1.82, 2.24) is 0 Å². The van der Waals surface area contributed by atoms with Gasteiger partial charge in [-0.1, -0.05) is 22.0 Å². The van der Waals surface area contributed by atoms with Crippen LogP contribution < -0.4 is 0 Å². The number of aromatic carboxylic acids is 1. The maximum absolute atomic E-state index is 10.6. The van der Waals surface area contributed by atoms with E-state index in [0.29, 0.717) is 10.0 Å². The zero-order valence-electron chi connectivity index (χ0n) is 7.48. The van der Waals surface area contributed by atoms with E-state index >= 15 is 0 Å². The lowest BCUT2D eigenvalue weighted by atomic mass is 10.1. The first-order valence-corrected chi connectivity index (χ1v) is 4.74. The highest BCUT2D eigenvalue weighted by Crippen LogP contribution is 2.20. The number of carbonyl (C=O) groups is 2. The van der Waals surface area contributed by atoms with E-state index in [1.807, 2.05) is 0 Å². The third-order valence-corrected chi connectivity index (χ3v) is 2.34. The topological polar surface area (TPSA) is 74.6 Å². The molecular weight excluding hydrogens is 264 g/mol. The molecule has 5 heteroatoms. The van der Waals surface area contributed by atoms with E-state index in [-0.39, 0.29) is 5.56 Å². The summed E-state index contributed by atoms with van der Waals surface area (Å²) in [5.41, 5.74) is 0.761. The van der Waals surface area contributed by atoms with Crippen LogP contribution >= 0.6 is 15.9 Å². The van der Waals surface area contributed by atoms with Crippen LogP contribution in [-0.2, 0) is 4.79 Å². The minimum absolute atomic E-state index is 0.148. The Morgan fingerprint density at radius 1 is 1.27 bits per heavy atom. The van der Waals surface area contributed by atoms with Gasteiger partial charge in [-0.15, -0.1) is 0 Å². The summed E-state index contributed by atoms with van der Waals surface area (Å²) in [5, 5.41) is 17.1. The fraction of sp³-hybridized carbons (Fsp3) is 0. The highest BCUT2D eigenvalue weighted by molar-refractivity contribution is 9.10. The van der Waals surface area contributed by atoms with Crippen molar-refractivity contribution in [3.8, 4) is 0 Å². The van der Waals surface area contributed by atoms with Crippen LogP contribution in [0.3, 0.4) is 0 Å². The van der Waals surface area contributed by atoms with Crippen LogP contribution in [0.25, 0.3) is 6.08 Å². The molecule has 1 aromatic carbocycles. The third-order valence-electron chi connectivity index (χ3n) is 1.65. The average molecular weight is 271 g/mol. The largest absolute Gasteiger partial charge is 0.478 e. The molecule has 0 aliphatic rings. The third kappa shape index (κ3) is 3.21. The molecule has 0 heterocycles. The van der Waals surface area contributed by atoms with Crippen molar-refractivity contribution in [2.24, 2.45) is 0 Å². The number of hydrogen-bond acceptors (Lipinski definition) is 2. The van der Waals surface area contributed by atoms with E-state index in [1.165, 1.54) is 24.3 Å². The minimum atomic E-state index is -1.05. The number of hydrogen-bond donors (Lipinski definition) is 2. The summed E-state index contributed by atoms with van der Waals surface area (Å²) in [7, 11) is 0. The van der Waals surface area contributed by atoms with Gasteiger partial charge < -0.3 is 10.2 Å². The number of benzene rings is 1. The molecule has 0 fully saturated rings. The molecule has 0 saturated carbocycles. The van der Waals surface area contributed by atoms with Crippen LogP contribution in [0.2, 0.25) is 0 Å². The molecule has 0 unspecified atom stereocenters. The Morgan fingerprint density at radius 3 is 2.40 bits per heavy atom. The van der Waals surface area contributed by atoms with Crippen LogP contribution in [0.15, 0.2) is 28.7 Å². The molecule has 4 nitrogen and oxygen atoms in total. The summed E-state index contributed by atoms with van der Waals surface area (Å²) >= 11 is 3.16. The Morgan fingerprint density at radius 2 is 1.93 bits per heavy atom. The van der Waals surface area contributed by atoms with Crippen LogP contribution in [0.4, 0.5) is 0 Å². The predicted octanol–water partition coefficient (Wildman–Crippen LogP) is 2.25. The second-order valence-electron chi connectivity index (χ2n) is 2.71. The predicted molar refractivity (Wildman–Crippen MR) is 57.8 cm³/mol. The summed E-state index contributed by atoms with van der Waals surface area (Å²) in [5.74, 6) is -2.08. The van der Waals surface area contributed by atoms with Gasteiger partial charge in [-0.3, -0.25) is 0 Å². The monoisotopic (exact) mass is 270 g/mol. The second-order valence-corrected chi connectivity index (χ2v) is 3.57. The molecule has 0 aliphatic heterocycles. The van der Waals surface area contributed by atoms with Gasteiger partial charge in [0.1, 0.15) is 0 Å². The molecule has 0 radical (unpaired) electrons. The van der Waals surface area contributed by atoms with Crippen molar-refractivity contribution in [3.63, 3.8) is 0 Å². The zero-order valence-corrected chi connectivity index (χ0v) is 9.06. The number of carboxylic acid groups (broad SMARTS) is 2. The Kier molecular flexibility index (Phi) is 3.62. The Labute approximate surface area is 94.0 Å². The van der Waals surface area contributed by atoms with Crippen LogP contribution in [0.5, 0.6) is 0 Å². The normalized spacial score (nSPS) is 10.5.